The van der Waals surface area contributed by atoms with Crippen LogP contribution in [-0.2, 0) is 4.74 Å². The minimum atomic E-state index is -0.314. The van der Waals surface area contributed by atoms with Crippen LogP contribution in [0.1, 0.15) is 157 Å². The van der Waals surface area contributed by atoms with Crippen LogP contribution in [0.25, 0.3) is 0 Å². The third-order valence-corrected chi connectivity index (χ3v) is 10.2. The lowest BCUT2D eigenvalue weighted by atomic mass is 10.1. The van der Waals surface area contributed by atoms with Crippen LogP contribution in [0.2, 0.25) is 0 Å². The second-order valence-electron chi connectivity index (χ2n) is 15.4. The Morgan fingerprint density at radius 3 is 1.14 bits per heavy atom. The molecular weight excluding hydrogens is 733 g/mol. The highest BCUT2D eigenvalue weighted by atomic mass is 16.5. The van der Waals surface area contributed by atoms with Crippen LogP contribution in [0, 0.1) is 0 Å². The highest BCUT2D eigenvalue weighted by Crippen LogP contribution is 2.21. The molecule has 7 nitrogen and oxygen atoms in total. The lowest BCUT2D eigenvalue weighted by Gasteiger charge is -2.07. The molecule has 0 fully saturated rings. The number of ether oxygens (including phenoxy) is 4. The van der Waals surface area contributed by atoms with Crippen molar-refractivity contribution in [3.63, 3.8) is 0 Å². The van der Waals surface area contributed by atoms with E-state index in [0.29, 0.717) is 18.8 Å². The van der Waals surface area contributed by atoms with Crippen LogP contribution < -0.4 is 14.2 Å². The number of carbonyl (C=O) groups is 1. The number of rotatable bonds is 32. The van der Waals surface area contributed by atoms with E-state index in [1.807, 2.05) is 91.1 Å². The molecular formula is C52H70N2O5. The lowest BCUT2D eigenvalue weighted by molar-refractivity contribution is 0.0497. The highest BCUT2D eigenvalue weighted by molar-refractivity contribution is 5.91. The molecule has 59 heavy (non-hydrogen) atoms. The second-order valence-corrected chi connectivity index (χ2v) is 15.4. The van der Waals surface area contributed by atoms with E-state index in [9.17, 15) is 4.79 Å². The quantitative estimate of drug-likeness (QED) is 0.0279. The van der Waals surface area contributed by atoms with Crippen molar-refractivity contribution < 1.29 is 23.7 Å². The predicted molar refractivity (Wildman–Crippen MR) is 246 cm³/mol. The summed E-state index contributed by atoms with van der Waals surface area (Å²) in [6.07, 6.45) is 26.9. The Labute approximate surface area is 355 Å². The van der Waals surface area contributed by atoms with Crippen LogP contribution in [0.4, 0.5) is 11.4 Å². The molecule has 0 spiro atoms. The highest BCUT2D eigenvalue weighted by Gasteiger charge is 2.07. The summed E-state index contributed by atoms with van der Waals surface area (Å²) in [5, 5.41) is 0. The van der Waals surface area contributed by atoms with Gasteiger partial charge in [0.15, 0.2) is 0 Å². The number of hydrogen-bond acceptors (Lipinski definition) is 7. The summed E-state index contributed by atoms with van der Waals surface area (Å²) in [4.78, 5) is 21.7. The Morgan fingerprint density at radius 1 is 0.407 bits per heavy atom. The van der Waals surface area contributed by atoms with Gasteiger partial charge in [-0.3, -0.25) is 9.98 Å². The van der Waals surface area contributed by atoms with Gasteiger partial charge in [0.1, 0.15) is 17.2 Å². The van der Waals surface area contributed by atoms with E-state index < -0.39 is 0 Å². The first-order valence-electron chi connectivity index (χ1n) is 22.7. The van der Waals surface area contributed by atoms with Gasteiger partial charge in [-0.1, -0.05) is 116 Å². The van der Waals surface area contributed by atoms with E-state index in [2.05, 4.69) is 23.8 Å². The van der Waals surface area contributed by atoms with E-state index in [1.54, 1.807) is 18.3 Å². The summed E-state index contributed by atoms with van der Waals surface area (Å²) < 4.78 is 23.3. The van der Waals surface area contributed by atoms with E-state index in [-0.39, 0.29) is 5.97 Å². The summed E-state index contributed by atoms with van der Waals surface area (Å²) in [6, 6.07) is 31.1. The average Bonchev–Trinajstić information content (AvgIpc) is 3.27. The van der Waals surface area contributed by atoms with Crippen molar-refractivity contribution in [2.75, 3.05) is 26.4 Å². The fraction of sp³-hybridized carbons (Fsp3) is 0.481. The number of aliphatic imine (C=N–C) groups is 2. The molecule has 0 unspecified atom stereocenters. The van der Waals surface area contributed by atoms with Crippen LogP contribution in [-0.4, -0.2) is 44.8 Å². The van der Waals surface area contributed by atoms with Crippen molar-refractivity contribution >= 4 is 29.8 Å². The zero-order valence-electron chi connectivity index (χ0n) is 36.1. The summed E-state index contributed by atoms with van der Waals surface area (Å²) >= 11 is 0. The minimum Gasteiger partial charge on any atom is -0.494 e. The summed E-state index contributed by atoms with van der Waals surface area (Å²) in [6.45, 7) is 7.02. The number of benzene rings is 4. The topological polar surface area (TPSA) is 78.7 Å². The van der Waals surface area contributed by atoms with Crippen LogP contribution in [0.5, 0.6) is 17.2 Å². The Bertz CT molecular complexity index is 1720. The molecule has 0 aliphatic heterocycles. The smallest absolute Gasteiger partial charge is 0.338 e. The number of carbonyl (C=O) groups excluding carboxylic acids is 1. The van der Waals surface area contributed by atoms with Gasteiger partial charge in [-0.2, -0.15) is 0 Å². The average molecular weight is 803 g/mol. The van der Waals surface area contributed by atoms with Gasteiger partial charge >= 0.3 is 5.97 Å². The first-order chi connectivity index (χ1) is 29.1. The first-order valence-corrected chi connectivity index (χ1v) is 22.7. The summed E-state index contributed by atoms with van der Waals surface area (Å²) in [5.74, 6) is 2.28. The van der Waals surface area contributed by atoms with Crippen LogP contribution >= 0.6 is 0 Å². The SMILES string of the molecule is CCCCCCCCCCOc1ccc(N=Cc2ccc(OCCCCCOC(=O)c3ccc(C=Nc4ccc(OCCCCCCCCCC)cc4)cc3)cc2)cc1. The molecule has 7 heteroatoms. The van der Waals surface area contributed by atoms with Crippen molar-refractivity contribution in [2.24, 2.45) is 9.98 Å². The predicted octanol–water partition coefficient (Wildman–Crippen LogP) is 14.6. The molecule has 0 aliphatic carbocycles. The fourth-order valence-electron chi connectivity index (χ4n) is 6.58. The molecule has 0 amide bonds. The lowest BCUT2D eigenvalue weighted by Crippen LogP contribution is -2.07. The van der Waals surface area contributed by atoms with E-state index >= 15 is 0 Å². The molecule has 0 saturated carbocycles. The number of hydrogen-bond donors (Lipinski definition) is 0. The van der Waals surface area contributed by atoms with Gasteiger partial charge in [-0.05, 0) is 128 Å². The minimum absolute atomic E-state index is 0.314. The zero-order valence-corrected chi connectivity index (χ0v) is 36.1. The largest absolute Gasteiger partial charge is 0.494 e. The van der Waals surface area contributed by atoms with Crippen LogP contribution in [0.3, 0.4) is 0 Å². The van der Waals surface area contributed by atoms with Crippen LogP contribution in [0.15, 0.2) is 107 Å². The van der Waals surface area contributed by atoms with Crippen molar-refractivity contribution in [1.29, 1.82) is 0 Å². The molecule has 0 bridgehead atoms. The van der Waals surface area contributed by atoms with Crippen molar-refractivity contribution in [3.05, 3.63) is 114 Å². The molecule has 4 aromatic rings. The van der Waals surface area contributed by atoms with Crippen molar-refractivity contribution in [3.8, 4) is 17.2 Å². The maximum atomic E-state index is 12.6. The molecule has 4 aromatic carbocycles. The first kappa shape index (κ1) is 46.8. The number of nitrogens with zero attached hydrogens (tertiary/aromatic N) is 2. The molecule has 0 aliphatic rings. The maximum Gasteiger partial charge on any atom is 0.338 e. The van der Waals surface area contributed by atoms with Crippen molar-refractivity contribution in [2.45, 2.75) is 136 Å². The second kappa shape index (κ2) is 30.2. The molecule has 0 atom stereocenters. The van der Waals surface area contributed by atoms with E-state index in [1.165, 1.54) is 89.9 Å². The van der Waals surface area contributed by atoms with Gasteiger partial charge in [0.25, 0.3) is 0 Å². The molecule has 0 N–H and O–H groups in total. The Balaban J connectivity index is 1.01. The van der Waals surface area contributed by atoms with E-state index in [4.69, 9.17) is 18.9 Å². The number of esters is 1. The molecule has 4 rings (SSSR count). The Kier molecular flexibility index (Phi) is 23.9. The third-order valence-electron chi connectivity index (χ3n) is 10.2. The van der Waals surface area contributed by atoms with Gasteiger partial charge in [0, 0.05) is 12.4 Å². The maximum absolute atomic E-state index is 12.6. The fourth-order valence-corrected chi connectivity index (χ4v) is 6.58. The van der Waals surface area contributed by atoms with Gasteiger partial charge in [-0.15, -0.1) is 0 Å². The monoisotopic (exact) mass is 803 g/mol. The standard InChI is InChI=1S/C52H70N2O5/c1-3-5-7-9-11-13-15-18-38-57-50-34-28-47(29-35-50)53-42-44-22-26-46(27-23-44)52(55)59-41-21-17-20-40-56-49-32-24-45(25-33-49)43-54-48-30-36-51(37-31-48)58-39-19-16-14-12-10-8-6-4-2/h22-37,42-43H,3-21,38-41H2,1-2H3. The zero-order chi connectivity index (χ0) is 41.4. The van der Waals surface area contributed by atoms with Gasteiger partial charge in [0.2, 0.25) is 0 Å². The third kappa shape index (κ3) is 21.1. The normalized spacial score (nSPS) is 11.4. The molecule has 0 aromatic heterocycles. The Morgan fingerprint density at radius 2 is 0.729 bits per heavy atom. The molecule has 0 radical (unpaired) electrons. The summed E-state index contributed by atoms with van der Waals surface area (Å²) in [5.41, 5.74) is 4.19. The Hall–Kier alpha value is -4.91. The van der Waals surface area contributed by atoms with Gasteiger partial charge in [0.05, 0.1) is 43.4 Å². The molecule has 0 heterocycles. The molecule has 318 valence electrons. The summed E-state index contributed by atoms with van der Waals surface area (Å²) in [7, 11) is 0. The molecule has 0 saturated heterocycles. The van der Waals surface area contributed by atoms with Gasteiger partial charge in [-0.25, -0.2) is 4.79 Å². The van der Waals surface area contributed by atoms with E-state index in [0.717, 1.165) is 85.1 Å². The number of unbranched alkanes of at least 4 members (excludes halogenated alkanes) is 16. The van der Waals surface area contributed by atoms with Crippen molar-refractivity contribution in [1.82, 2.24) is 0 Å². The van der Waals surface area contributed by atoms with Gasteiger partial charge < -0.3 is 18.9 Å².